The Bertz CT molecular complexity index is 724. The Balaban J connectivity index is 0.00000121. The number of aryl methyl sites for hydroxylation is 1. The molecule has 2 atom stereocenters. The highest BCUT2D eigenvalue weighted by atomic mass is 35.5. The van der Waals surface area contributed by atoms with Crippen molar-refractivity contribution in [1.29, 1.82) is 0 Å². The van der Waals surface area contributed by atoms with Crippen LogP contribution in [0.3, 0.4) is 0 Å². The average Bonchev–Trinajstić information content (AvgIpc) is 3.11. The van der Waals surface area contributed by atoms with Gasteiger partial charge in [-0.05, 0) is 44.7 Å². The first kappa shape index (κ1) is 20.7. The van der Waals surface area contributed by atoms with Crippen LogP contribution in [0.2, 0.25) is 0 Å². The number of hydrogen-bond donors (Lipinski definition) is 2. The molecule has 5 nitrogen and oxygen atoms in total. The number of rotatable bonds is 4. The molecule has 2 aromatic rings. The minimum Gasteiger partial charge on any atom is -0.441 e. The maximum Gasteiger partial charge on any atom is 0.226 e. The molecule has 3 heterocycles. The Morgan fingerprint density at radius 2 is 1.85 bits per heavy atom. The van der Waals surface area contributed by atoms with Gasteiger partial charge < -0.3 is 15.1 Å². The number of piperidine rings is 1. The van der Waals surface area contributed by atoms with E-state index in [0.717, 1.165) is 29.9 Å². The molecule has 0 radical (unpaired) electrons. The van der Waals surface area contributed by atoms with Crippen LogP contribution in [0.4, 0.5) is 0 Å². The highest BCUT2D eigenvalue weighted by molar-refractivity contribution is 5.85. The van der Waals surface area contributed by atoms with Crippen molar-refractivity contribution in [3.8, 4) is 11.5 Å². The summed E-state index contributed by atoms with van der Waals surface area (Å²) in [5, 5.41) is 6.78. The zero-order chi connectivity index (χ0) is 16.5. The number of halogens is 2. The van der Waals surface area contributed by atoms with Crippen LogP contribution in [0.5, 0.6) is 0 Å². The predicted octanol–water partition coefficient (Wildman–Crippen LogP) is 3.44. The molecule has 2 unspecified atom stereocenters. The van der Waals surface area contributed by atoms with E-state index in [4.69, 9.17) is 4.42 Å². The molecule has 2 aliphatic heterocycles. The van der Waals surface area contributed by atoms with E-state index in [9.17, 15) is 4.79 Å². The first-order valence-corrected chi connectivity index (χ1v) is 8.74. The summed E-state index contributed by atoms with van der Waals surface area (Å²) in [6.07, 6.45) is 4.83. The molecule has 2 N–H and O–H groups in total. The number of carbonyl (C=O) groups is 1. The van der Waals surface area contributed by atoms with E-state index in [-0.39, 0.29) is 43.2 Å². The topological polar surface area (TPSA) is 67.2 Å². The molecule has 1 aromatic heterocycles. The Morgan fingerprint density at radius 1 is 1.19 bits per heavy atom. The average molecular weight is 398 g/mol. The number of hydrogen-bond acceptors (Lipinski definition) is 4. The van der Waals surface area contributed by atoms with Gasteiger partial charge in [0.05, 0.1) is 12.1 Å². The summed E-state index contributed by atoms with van der Waals surface area (Å²) in [5.74, 6) is 1.34. The summed E-state index contributed by atoms with van der Waals surface area (Å²) in [6.45, 7) is 1.87. The second kappa shape index (κ2) is 8.89. The number of benzene rings is 1. The molecule has 0 aliphatic carbocycles. The van der Waals surface area contributed by atoms with E-state index in [0.29, 0.717) is 18.0 Å². The molecule has 4 rings (SSSR count). The molecule has 2 saturated heterocycles. The Hall–Kier alpha value is -1.56. The second-order valence-corrected chi connectivity index (χ2v) is 6.94. The van der Waals surface area contributed by atoms with E-state index in [1.54, 1.807) is 0 Å². The fourth-order valence-electron chi connectivity index (χ4n) is 3.90. The van der Waals surface area contributed by atoms with Crippen molar-refractivity contribution >= 4 is 30.7 Å². The molecule has 1 amide bonds. The van der Waals surface area contributed by atoms with Gasteiger partial charge in [-0.2, -0.15) is 0 Å². The second-order valence-electron chi connectivity index (χ2n) is 6.94. The quantitative estimate of drug-likeness (QED) is 0.828. The highest BCUT2D eigenvalue weighted by Gasteiger charge is 2.34. The standard InChI is InChI=1S/C19H23N3O2.2ClH/c1-12-17(22-19(24-12)13-5-3-2-4-6-13)11-18(23)21-16-9-14-7-8-15(10-16)20-14;;/h2-6,14-16,20H,7-11H2,1H3,(H,21,23);2*1H. The molecular formula is C19H25Cl2N3O2. The maximum atomic E-state index is 12.4. The van der Waals surface area contributed by atoms with Gasteiger partial charge in [-0.15, -0.1) is 24.8 Å². The van der Waals surface area contributed by atoms with Crippen LogP contribution in [0, 0.1) is 6.92 Å². The summed E-state index contributed by atoms with van der Waals surface area (Å²) in [6, 6.07) is 11.2. The van der Waals surface area contributed by atoms with Crippen molar-refractivity contribution in [2.45, 2.75) is 57.2 Å². The first-order valence-electron chi connectivity index (χ1n) is 8.74. The smallest absolute Gasteiger partial charge is 0.226 e. The molecule has 0 spiro atoms. The van der Waals surface area contributed by atoms with Gasteiger partial charge in [0.2, 0.25) is 11.8 Å². The van der Waals surface area contributed by atoms with E-state index in [1.165, 1.54) is 12.8 Å². The normalized spacial score (nSPS) is 23.7. The number of oxazole rings is 1. The van der Waals surface area contributed by atoms with E-state index < -0.39 is 0 Å². The summed E-state index contributed by atoms with van der Waals surface area (Å²) in [4.78, 5) is 16.9. The first-order chi connectivity index (χ1) is 11.7. The molecule has 2 fully saturated rings. The SMILES string of the molecule is Cc1oc(-c2ccccc2)nc1CC(=O)NC1CC2CCC(C1)N2.Cl.Cl. The Kier molecular flexibility index (Phi) is 7.09. The predicted molar refractivity (Wildman–Crippen MR) is 106 cm³/mol. The third-order valence-corrected chi connectivity index (χ3v) is 5.08. The maximum absolute atomic E-state index is 12.4. The van der Waals surface area contributed by atoms with Crippen LogP contribution >= 0.6 is 24.8 Å². The van der Waals surface area contributed by atoms with Crippen molar-refractivity contribution in [1.82, 2.24) is 15.6 Å². The zero-order valence-corrected chi connectivity index (χ0v) is 16.4. The lowest BCUT2D eigenvalue weighted by Gasteiger charge is -2.29. The van der Waals surface area contributed by atoms with Gasteiger partial charge in [-0.25, -0.2) is 4.98 Å². The lowest BCUT2D eigenvalue weighted by atomic mass is 9.99. The highest BCUT2D eigenvalue weighted by Crippen LogP contribution is 2.27. The van der Waals surface area contributed by atoms with Gasteiger partial charge in [0.15, 0.2) is 0 Å². The van der Waals surface area contributed by atoms with Gasteiger partial charge in [-0.3, -0.25) is 4.79 Å². The molecular weight excluding hydrogens is 373 g/mol. The summed E-state index contributed by atoms with van der Waals surface area (Å²) in [5.41, 5.74) is 1.66. The van der Waals surface area contributed by atoms with Crippen molar-refractivity contribution in [2.24, 2.45) is 0 Å². The summed E-state index contributed by atoms with van der Waals surface area (Å²) < 4.78 is 5.73. The molecule has 2 aliphatic rings. The minimum absolute atomic E-state index is 0. The van der Waals surface area contributed by atoms with Crippen LogP contribution in [0.15, 0.2) is 34.7 Å². The number of fused-ring (bicyclic) bond motifs is 2. The molecule has 1 aromatic carbocycles. The van der Waals surface area contributed by atoms with Crippen LogP contribution in [0.1, 0.15) is 37.1 Å². The van der Waals surface area contributed by atoms with Gasteiger partial charge in [0.25, 0.3) is 0 Å². The van der Waals surface area contributed by atoms with E-state index in [1.807, 2.05) is 37.3 Å². The third kappa shape index (κ3) is 4.58. The van der Waals surface area contributed by atoms with E-state index >= 15 is 0 Å². The fourth-order valence-corrected chi connectivity index (χ4v) is 3.90. The van der Waals surface area contributed by atoms with Crippen molar-refractivity contribution < 1.29 is 9.21 Å². The van der Waals surface area contributed by atoms with Crippen molar-refractivity contribution in [2.75, 3.05) is 0 Å². The Labute approximate surface area is 166 Å². The number of carbonyl (C=O) groups excluding carboxylic acids is 1. The molecule has 0 saturated carbocycles. The summed E-state index contributed by atoms with van der Waals surface area (Å²) >= 11 is 0. The summed E-state index contributed by atoms with van der Waals surface area (Å²) in [7, 11) is 0. The van der Waals surface area contributed by atoms with Gasteiger partial charge in [-0.1, -0.05) is 18.2 Å². The van der Waals surface area contributed by atoms with Crippen LogP contribution in [0.25, 0.3) is 11.5 Å². The monoisotopic (exact) mass is 397 g/mol. The number of nitrogens with zero attached hydrogens (tertiary/aromatic N) is 1. The number of nitrogens with one attached hydrogen (secondary N) is 2. The van der Waals surface area contributed by atoms with Crippen LogP contribution in [-0.4, -0.2) is 29.0 Å². The lowest BCUT2D eigenvalue weighted by molar-refractivity contribution is -0.121. The third-order valence-electron chi connectivity index (χ3n) is 5.08. The van der Waals surface area contributed by atoms with Gasteiger partial charge in [0, 0.05) is 23.7 Å². The number of aromatic nitrogens is 1. The van der Waals surface area contributed by atoms with Gasteiger partial charge >= 0.3 is 0 Å². The van der Waals surface area contributed by atoms with E-state index in [2.05, 4.69) is 15.6 Å². The molecule has 26 heavy (non-hydrogen) atoms. The van der Waals surface area contributed by atoms with Crippen molar-refractivity contribution in [3.05, 3.63) is 41.8 Å². The molecule has 2 bridgehead atoms. The van der Waals surface area contributed by atoms with Crippen molar-refractivity contribution in [3.63, 3.8) is 0 Å². The fraction of sp³-hybridized carbons (Fsp3) is 0.474. The minimum atomic E-state index is 0. The molecule has 7 heteroatoms. The van der Waals surface area contributed by atoms with Crippen LogP contribution < -0.4 is 10.6 Å². The van der Waals surface area contributed by atoms with Crippen LogP contribution in [-0.2, 0) is 11.2 Å². The lowest BCUT2D eigenvalue weighted by Crippen LogP contribution is -2.48. The molecule has 142 valence electrons. The zero-order valence-electron chi connectivity index (χ0n) is 14.7. The Morgan fingerprint density at radius 3 is 2.50 bits per heavy atom. The largest absolute Gasteiger partial charge is 0.441 e. The number of amides is 1. The van der Waals surface area contributed by atoms with Gasteiger partial charge in [0.1, 0.15) is 5.76 Å².